The number of carbonyl (C=O) groups is 2. The smallest absolute Gasteiger partial charge is 0.303 e. The van der Waals surface area contributed by atoms with E-state index >= 15 is 0 Å². The highest BCUT2D eigenvalue weighted by Gasteiger charge is 2.17. The summed E-state index contributed by atoms with van der Waals surface area (Å²) in [5.74, 6) is -0.858. The summed E-state index contributed by atoms with van der Waals surface area (Å²) in [7, 11) is 0. The number of nitrogens with one attached hydrogen (secondary N) is 1. The van der Waals surface area contributed by atoms with Gasteiger partial charge in [-0.2, -0.15) is 0 Å². The number of carboxylic acid groups (broad SMARTS) is 1. The number of nitrogens with two attached hydrogens (primary N) is 1. The molecule has 1 amide bonds. The van der Waals surface area contributed by atoms with Gasteiger partial charge < -0.3 is 21.1 Å². The van der Waals surface area contributed by atoms with Crippen molar-refractivity contribution < 1.29 is 24.9 Å². The van der Waals surface area contributed by atoms with Crippen LogP contribution in [0.5, 0.6) is 0 Å². The van der Waals surface area contributed by atoms with Crippen LogP contribution in [-0.2, 0) is 16.0 Å². The van der Waals surface area contributed by atoms with Gasteiger partial charge in [0, 0.05) is 18.8 Å². The van der Waals surface area contributed by atoms with E-state index in [-0.39, 0.29) is 12.8 Å². The lowest BCUT2D eigenvalue weighted by Crippen LogP contribution is -2.45. The predicted octanol–water partition coefficient (Wildman–Crippen LogP) is 3.39. The van der Waals surface area contributed by atoms with Crippen molar-refractivity contribution in [2.75, 3.05) is 0 Å². The maximum atomic E-state index is 10.7. The van der Waals surface area contributed by atoms with Gasteiger partial charge in [-0.3, -0.25) is 14.9 Å². The quantitative estimate of drug-likeness (QED) is 0.409. The van der Waals surface area contributed by atoms with Gasteiger partial charge in [0.2, 0.25) is 5.91 Å². The highest BCUT2D eigenvalue weighted by molar-refractivity contribution is 5.80. The second kappa shape index (κ2) is 15.2. The molecule has 0 bridgehead atoms. The fraction of sp³-hybridized carbons (Fsp3) is 0.478. The number of aliphatic carboxylic acids is 1. The molecular formula is C23H36N2O5. The van der Waals surface area contributed by atoms with Crippen LogP contribution in [0.15, 0.2) is 48.3 Å². The number of amides is 1. The fourth-order valence-corrected chi connectivity index (χ4v) is 2.76. The van der Waals surface area contributed by atoms with Crippen molar-refractivity contribution in [2.45, 2.75) is 71.6 Å². The fourth-order valence-electron chi connectivity index (χ4n) is 2.76. The van der Waals surface area contributed by atoms with Gasteiger partial charge in [-0.05, 0) is 37.0 Å². The van der Waals surface area contributed by atoms with Crippen LogP contribution in [0, 0.1) is 0 Å². The molecular weight excluding hydrogens is 384 g/mol. The van der Waals surface area contributed by atoms with Crippen molar-refractivity contribution >= 4 is 11.9 Å². The number of aryl methyl sites for hydroxylation is 1. The van der Waals surface area contributed by atoms with Crippen molar-refractivity contribution in [1.29, 1.82) is 0 Å². The zero-order valence-electron chi connectivity index (χ0n) is 18.3. The Morgan fingerprint density at radius 3 is 2.27 bits per heavy atom. The lowest BCUT2D eigenvalue weighted by atomic mass is 9.91. The Hall–Kier alpha value is -2.64. The van der Waals surface area contributed by atoms with Crippen molar-refractivity contribution in [1.82, 2.24) is 5.32 Å². The summed E-state index contributed by atoms with van der Waals surface area (Å²) < 4.78 is 0. The molecule has 0 heterocycles. The van der Waals surface area contributed by atoms with E-state index in [1.54, 1.807) is 6.08 Å². The molecule has 2 rings (SSSR count). The van der Waals surface area contributed by atoms with Crippen LogP contribution in [0.3, 0.4) is 0 Å². The summed E-state index contributed by atoms with van der Waals surface area (Å²) in [5, 5.41) is 29.1. The van der Waals surface area contributed by atoms with Crippen LogP contribution in [0.1, 0.15) is 64.0 Å². The molecule has 7 nitrogen and oxygen atoms in total. The lowest BCUT2D eigenvalue weighted by Gasteiger charge is -2.16. The number of aliphatic hydroxyl groups is 2. The van der Waals surface area contributed by atoms with Gasteiger partial charge in [-0.25, -0.2) is 0 Å². The lowest BCUT2D eigenvalue weighted by molar-refractivity contribution is -0.137. The van der Waals surface area contributed by atoms with Gasteiger partial charge in [0.25, 0.3) is 0 Å². The van der Waals surface area contributed by atoms with Crippen molar-refractivity contribution in [3.63, 3.8) is 0 Å². The average Bonchev–Trinajstić information content (AvgIpc) is 2.72. The first kappa shape index (κ1) is 27.4. The Labute approximate surface area is 179 Å². The molecule has 30 heavy (non-hydrogen) atoms. The number of carbonyl (C=O) groups excluding carboxylic acids is 1. The molecule has 0 spiro atoms. The average molecular weight is 421 g/mol. The van der Waals surface area contributed by atoms with E-state index in [1.807, 2.05) is 19.9 Å². The standard InChI is InChI=1S/C14H16O.C7H14N2O4.C2H6/c1-2-11-6-8-12(9-7-11)13-4-3-5-14(15)10-13;1-4(10)9-5(7(8)13)2-3-6(11)12;1-2/h3-9,13,15H,2,10H2,1H3;4-5,9-10H,2-3H2,1H3,(H2,8,13)(H,11,12);1-2H3. The molecule has 0 aromatic heterocycles. The predicted molar refractivity (Wildman–Crippen MR) is 119 cm³/mol. The normalized spacial score (nSPS) is 16.7. The number of carboxylic acids is 1. The Morgan fingerprint density at radius 2 is 1.83 bits per heavy atom. The van der Waals surface area contributed by atoms with Crippen LogP contribution in [0.4, 0.5) is 0 Å². The first-order chi connectivity index (χ1) is 14.2. The van der Waals surface area contributed by atoms with E-state index in [1.165, 1.54) is 18.1 Å². The minimum atomic E-state index is -1.00. The number of primary amides is 1. The highest BCUT2D eigenvalue weighted by atomic mass is 16.4. The third-order valence-corrected chi connectivity index (χ3v) is 4.31. The van der Waals surface area contributed by atoms with Gasteiger partial charge in [-0.15, -0.1) is 0 Å². The summed E-state index contributed by atoms with van der Waals surface area (Å²) in [6.07, 6.45) is 6.66. The van der Waals surface area contributed by atoms with Crippen LogP contribution >= 0.6 is 0 Å². The third-order valence-electron chi connectivity index (χ3n) is 4.31. The summed E-state index contributed by atoms with van der Waals surface area (Å²) in [6, 6.07) is 7.85. The van der Waals surface area contributed by atoms with Crippen molar-refractivity contribution in [2.24, 2.45) is 5.73 Å². The molecule has 1 aromatic carbocycles. The van der Waals surface area contributed by atoms with Gasteiger partial charge in [0.15, 0.2) is 0 Å². The molecule has 0 fully saturated rings. The molecule has 3 unspecified atom stereocenters. The van der Waals surface area contributed by atoms with Crippen LogP contribution in [0.2, 0.25) is 0 Å². The Kier molecular flexibility index (Phi) is 13.9. The number of hydrogen-bond acceptors (Lipinski definition) is 5. The van der Waals surface area contributed by atoms with E-state index in [4.69, 9.17) is 15.9 Å². The van der Waals surface area contributed by atoms with E-state index in [9.17, 15) is 14.7 Å². The second-order valence-electron chi connectivity index (χ2n) is 6.68. The topological polar surface area (TPSA) is 133 Å². The largest absolute Gasteiger partial charge is 0.512 e. The molecule has 0 radical (unpaired) electrons. The first-order valence-electron chi connectivity index (χ1n) is 10.3. The first-order valence-corrected chi connectivity index (χ1v) is 10.3. The summed E-state index contributed by atoms with van der Waals surface area (Å²) in [6.45, 7) is 7.58. The number of benzene rings is 1. The van der Waals surface area contributed by atoms with E-state index < -0.39 is 24.1 Å². The number of rotatable bonds is 8. The molecule has 1 aliphatic carbocycles. The zero-order chi connectivity index (χ0) is 23.1. The maximum absolute atomic E-state index is 10.7. The molecule has 0 saturated heterocycles. The Morgan fingerprint density at radius 1 is 1.23 bits per heavy atom. The second-order valence-corrected chi connectivity index (χ2v) is 6.68. The van der Waals surface area contributed by atoms with Crippen molar-refractivity contribution in [3.8, 4) is 0 Å². The molecule has 6 N–H and O–H groups in total. The molecule has 3 atom stereocenters. The number of hydrogen-bond donors (Lipinski definition) is 5. The SMILES string of the molecule is CC.CC(O)NC(CCC(=O)O)C(N)=O.CCc1ccc(C2C=CC=C(O)C2)cc1. The van der Waals surface area contributed by atoms with Crippen molar-refractivity contribution in [3.05, 3.63) is 59.4 Å². The summed E-state index contributed by atoms with van der Waals surface area (Å²) in [5.41, 5.74) is 7.61. The molecule has 1 aliphatic rings. The Balaban J connectivity index is 0.000000524. The third kappa shape index (κ3) is 11.4. The number of aliphatic hydroxyl groups excluding tert-OH is 2. The van der Waals surface area contributed by atoms with Gasteiger partial charge in [0.05, 0.1) is 11.8 Å². The number of allylic oxidation sites excluding steroid dienone is 4. The molecule has 168 valence electrons. The minimum Gasteiger partial charge on any atom is -0.512 e. The van der Waals surface area contributed by atoms with Gasteiger partial charge in [0.1, 0.15) is 6.23 Å². The van der Waals surface area contributed by atoms with E-state index in [0.29, 0.717) is 11.7 Å². The van der Waals surface area contributed by atoms with Gasteiger partial charge >= 0.3 is 5.97 Å². The zero-order valence-corrected chi connectivity index (χ0v) is 18.3. The van der Waals surface area contributed by atoms with E-state index in [2.05, 4.69) is 42.6 Å². The molecule has 0 aliphatic heterocycles. The maximum Gasteiger partial charge on any atom is 0.303 e. The monoisotopic (exact) mass is 420 g/mol. The molecule has 0 saturated carbocycles. The summed E-state index contributed by atoms with van der Waals surface area (Å²) >= 11 is 0. The molecule has 7 heteroatoms. The van der Waals surface area contributed by atoms with Gasteiger partial charge in [-0.1, -0.05) is 57.2 Å². The van der Waals surface area contributed by atoms with Crippen LogP contribution < -0.4 is 11.1 Å². The minimum absolute atomic E-state index is 0.0789. The van der Waals surface area contributed by atoms with Crippen LogP contribution in [0.25, 0.3) is 0 Å². The summed E-state index contributed by atoms with van der Waals surface area (Å²) in [4.78, 5) is 20.9. The van der Waals surface area contributed by atoms with E-state index in [0.717, 1.165) is 12.8 Å². The molecule has 1 aromatic rings. The van der Waals surface area contributed by atoms with Crippen LogP contribution in [-0.4, -0.2) is 39.5 Å². The Bertz CT molecular complexity index is 696. The highest BCUT2D eigenvalue weighted by Crippen LogP contribution is 2.27.